The molecule has 2 rings (SSSR count). The summed E-state index contributed by atoms with van der Waals surface area (Å²) in [6.07, 6.45) is 1.39. The summed E-state index contributed by atoms with van der Waals surface area (Å²) in [4.78, 5) is 41.2. The Morgan fingerprint density at radius 2 is 2.11 bits per heavy atom. The van der Waals surface area contributed by atoms with E-state index in [1.54, 1.807) is 30.3 Å². The number of carbonyl (C=O) groups excluding carboxylic acids is 2. The lowest BCUT2D eigenvalue weighted by Crippen LogP contribution is -2.35. The van der Waals surface area contributed by atoms with Crippen molar-refractivity contribution in [3.05, 3.63) is 36.9 Å². The van der Waals surface area contributed by atoms with Gasteiger partial charge in [0.15, 0.2) is 5.17 Å². The van der Waals surface area contributed by atoms with E-state index in [1.807, 2.05) is 6.92 Å². The number of carboxylic acid groups (broad SMARTS) is 1. The van der Waals surface area contributed by atoms with Crippen molar-refractivity contribution >= 4 is 40.4 Å². The molecule has 0 radical (unpaired) electrons. The predicted octanol–water partition coefficient (Wildman–Crippen LogP) is 2.18. The lowest BCUT2D eigenvalue weighted by Gasteiger charge is -2.13. The van der Waals surface area contributed by atoms with Gasteiger partial charge < -0.3 is 15.2 Å². The topological polar surface area (TPSA) is 108 Å². The Morgan fingerprint density at radius 1 is 1.39 bits per heavy atom. The quantitative estimate of drug-likeness (QED) is 0.578. The van der Waals surface area contributed by atoms with Crippen LogP contribution in [0.2, 0.25) is 0 Å². The van der Waals surface area contributed by atoms with Gasteiger partial charge in [-0.2, -0.15) is 0 Å². The van der Waals surface area contributed by atoms with E-state index in [9.17, 15) is 14.4 Å². The van der Waals surface area contributed by atoms with Crippen LogP contribution in [0.3, 0.4) is 0 Å². The lowest BCUT2D eigenvalue weighted by molar-refractivity contribution is -0.137. The molecule has 1 aromatic rings. The van der Waals surface area contributed by atoms with Gasteiger partial charge in [0, 0.05) is 19.5 Å². The highest BCUT2D eigenvalue weighted by molar-refractivity contribution is 8.15. The Hall–Kier alpha value is -2.81. The summed E-state index contributed by atoms with van der Waals surface area (Å²) in [6, 6.07) is 7.19. The van der Waals surface area contributed by atoms with Gasteiger partial charge in [-0.3, -0.25) is 19.3 Å². The molecule has 0 saturated carbocycles. The molecule has 0 aromatic heterocycles. The SMILES string of the molecule is C=CCN1C(=O)C(CC(=O)NCCC(=O)O)SC1=Nc1ccc(OCC)cc1. The molecule has 8 nitrogen and oxygen atoms in total. The van der Waals surface area contributed by atoms with E-state index in [0.29, 0.717) is 24.0 Å². The zero-order valence-electron chi connectivity index (χ0n) is 15.6. The number of benzene rings is 1. The van der Waals surface area contributed by atoms with Gasteiger partial charge in [-0.15, -0.1) is 6.58 Å². The minimum Gasteiger partial charge on any atom is -0.494 e. The van der Waals surface area contributed by atoms with E-state index in [0.717, 1.165) is 5.75 Å². The first-order valence-corrected chi connectivity index (χ1v) is 9.71. The van der Waals surface area contributed by atoms with Gasteiger partial charge >= 0.3 is 5.97 Å². The fourth-order valence-electron chi connectivity index (χ4n) is 2.47. The van der Waals surface area contributed by atoms with E-state index in [4.69, 9.17) is 9.84 Å². The third-order valence-electron chi connectivity index (χ3n) is 3.74. The van der Waals surface area contributed by atoms with Gasteiger partial charge in [-0.05, 0) is 31.2 Å². The zero-order chi connectivity index (χ0) is 20.5. The molecule has 0 bridgehead atoms. The standard InChI is InChI=1S/C19H23N3O5S/c1-3-11-22-18(26)15(12-16(23)20-10-9-17(24)25)28-19(22)21-13-5-7-14(8-6-13)27-4-2/h3,5-8,15H,1,4,9-12H2,2H3,(H,20,23)(H,24,25). The van der Waals surface area contributed by atoms with Gasteiger partial charge in [0.2, 0.25) is 11.8 Å². The van der Waals surface area contributed by atoms with Crippen molar-refractivity contribution < 1.29 is 24.2 Å². The van der Waals surface area contributed by atoms with Crippen LogP contribution in [0, 0.1) is 0 Å². The molecule has 1 aliphatic heterocycles. The molecule has 28 heavy (non-hydrogen) atoms. The molecular weight excluding hydrogens is 382 g/mol. The van der Waals surface area contributed by atoms with Gasteiger partial charge in [-0.1, -0.05) is 17.8 Å². The molecule has 1 fully saturated rings. The maximum atomic E-state index is 12.6. The first kappa shape index (κ1) is 21.5. The molecule has 1 atom stereocenters. The van der Waals surface area contributed by atoms with E-state index in [-0.39, 0.29) is 31.2 Å². The minimum absolute atomic E-state index is 0.0310. The first-order chi connectivity index (χ1) is 13.4. The minimum atomic E-state index is -0.992. The van der Waals surface area contributed by atoms with Crippen LogP contribution in [0.15, 0.2) is 41.9 Å². The highest BCUT2D eigenvalue weighted by atomic mass is 32.2. The summed E-state index contributed by atoms with van der Waals surface area (Å²) in [7, 11) is 0. The van der Waals surface area contributed by atoms with E-state index in [1.165, 1.54) is 16.7 Å². The number of thioether (sulfide) groups is 1. The summed E-state index contributed by atoms with van der Waals surface area (Å²) in [5.74, 6) is -0.843. The smallest absolute Gasteiger partial charge is 0.305 e. The number of aliphatic imine (C=N–C) groups is 1. The van der Waals surface area contributed by atoms with E-state index < -0.39 is 11.2 Å². The van der Waals surface area contributed by atoms with Crippen molar-refractivity contribution in [3.8, 4) is 5.75 Å². The van der Waals surface area contributed by atoms with E-state index >= 15 is 0 Å². The number of aliphatic carboxylic acids is 1. The number of nitrogens with one attached hydrogen (secondary N) is 1. The summed E-state index contributed by atoms with van der Waals surface area (Å²) >= 11 is 1.21. The average molecular weight is 405 g/mol. The molecule has 0 aliphatic carbocycles. The fourth-order valence-corrected chi connectivity index (χ4v) is 3.63. The van der Waals surface area contributed by atoms with Crippen molar-refractivity contribution in [3.63, 3.8) is 0 Å². The Balaban J connectivity index is 2.07. The number of amidine groups is 1. The number of carboxylic acids is 1. The Kier molecular flexibility index (Phi) is 8.06. The Labute approximate surface area is 167 Å². The van der Waals surface area contributed by atoms with Gasteiger partial charge in [0.05, 0.1) is 18.7 Å². The second-order valence-corrected chi connectivity index (χ2v) is 7.03. The molecule has 1 aromatic carbocycles. The highest BCUT2D eigenvalue weighted by Gasteiger charge is 2.38. The number of nitrogens with zero attached hydrogens (tertiary/aromatic N) is 2. The number of amides is 2. The number of hydrogen-bond acceptors (Lipinski definition) is 6. The number of rotatable bonds is 10. The first-order valence-electron chi connectivity index (χ1n) is 8.83. The van der Waals surface area contributed by atoms with Crippen LogP contribution in [0.25, 0.3) is 0 Å². The second-order valence-electron chi connectivity index (χ2n) is 5.86. The summed E-state index contributed by atoms with van der Waals surface area (Å²) in [5.41, 5.74) is 0.666. The molecule has 0 spiro atoms. The number of ether oxygens (including phenoxy) is 1. The number of hydrogen-bond donors (Lipinski definition) is 2. The monoisotopic (exact) mass is 405 g/mol. The van der Waals surface area contributed by atoms with Crippen LogP contribution >= 0.6 is 11.8 Å². The summed E-state index contributed by atoms with van der Waals surface area (Å²) in [6.45, 7) is 6.46. The Morgan fingerprint density at radius 3 is 2.71 bits per heavy atom. The normalized spacial score (nSPS) is 17.6. The molecule has 1 saturated heterocycles. The van der Waals surface area contributed by atoms with Crippen LogP contribution in [0.1, 0.15) is 19.8 Å². The van der Waals surface area contributed by atoms with Crippen molar-refractivity contribution in [2.24, 2.45) is 4.99 Å². The lowest BCUT2D eigenvalue weighted by atomic mass is 10.2. The van der Waals surface area contributed by atoms with Gasteiger partial charge in [0.1, 0.15) is 11.0 Å². The van der Waals surface area contributed by atoms with Gasteiger partial charge in [-0.25, -0.2) is 4.99 Å². The van der Waals surface area contributed by atoms with Crippen molar-refractivity contribution in [2.75, 3.05) is 19.7 Å². The second kappa shape index (κ2) is 10.5. The highest BCUT2D eigenvalue weighted by Crippen LogP contribution is 2.32. The van der Waals surface area contributed by atoms with Crippen LogP contribution in [-0.2, 0) is 14.4 Å². The predicted molar refractivity (Wildman–Crippen MR) is 108 cm³/mol. The maximum Gasteiger partial charge on any atom is 0.305 e. The van der Waals surface area contributed by atoms with Crippen LogP contribution in [0.4, 0.5) is 5.69 Å². The fraction of sp³-hybridized carbons (Fsp3) is 0.368. The largest absolute Gasteiger partial charge is 0.494 e. The molecular formula is C19H23N3O5S. The molecule has 1 heterocycles. The zero-order valence-corrected chi connectivity index (χ0v) is 16.4. The average Bonchev–Trinajstić information content (AvgIpc) is 2.92. The summed E-state index contributed by atoms with van der Waals surface area (Å²) < 4.78 is 5.40. The molecule has 150 valence electrons. The van der Waals surface area contributed by atoms with E-state index in [2.05, 4.69) is 16.9 Å². The maximum absolute atomic E-state index is 12.6. The molecule has 2 N–H and O–H groups in total. The van der Waals surface area contributed by atoms with Crippen LogP contribution < -0.4 is 10.1 Å². The van der Waals surface area contributed by atoms with Crippen molar-refractivity contribution in [1.82, 2.24) is 10.2 Å². The number of carbonyl (C=O) groups is 3. The van der Waals surface area contributed by atoms with Crippen molar-refractivity contribution in [2.45, 2.75) is 25.0 Å². The Bertz CT molecular complexity index is 763. The molecule has 2 amide bonds. The molecule has 1 aliphatic rings. The van der Waals surface area contributed by atoms with Gasteiger partial charge in [0.25, 0.3) is 0 Å². The third kappa shape index (κ3) is 6.12. The third-order valence-corrected chi connectivity index (χ3v) is 4.91. The summed E-state index contributed by atoms with van der Waals surface area (Å²) in [5, 5.41) is 11.0. The molecule has 1 unspecified atom stereocenters. The van der Waals surface area contributed by atoms with Crippen LogP contribution in [0.5, 0.6) is 5.75 Å². The van der Waals surface area contributed by atoms with Crippen LogP contribution in [-0.4, -0.2) is 57.9 Å². The van der Waals surface area contributed by atoms with Crippen molar-refractivity contribution in [1.29, 1.82) is 0 Å². The molecule has 9 heteroatoms.